The lowest BCUT2D eigenvalue weighted by Gasteiger charge is -2.26. The number of nitroso groups, excluding NO2 is 1. The van der Waals surface area contributed by atoms with E-state index in [2.05, 4.69) is 15.2 Å². The van der Waals surface area contributed by atoms with Gasteiger partial charge < -0.3 is 9.30 Å². The third-order valence-corrected chi connectivity index (χ3v) is 5.10. The summed E-state index contributed by atoms with van der Waals surface area (Å²) in [5.74, 6) is 0.210. The molecule has 1 aliphatic heterocycles. The Morgan fingerprint density at radius 1 is 1.14 bits per heavy atom. The molecule has 8 heteroatoms. The summed E-state index contributed by atoms with van der Waals surface area (Å²) in [4.78, 5) is 31.3. The van der Waals surface area contributed by atoms with Crippen molar-refractivity contribution in [3.8, 4) is 0 Å². The Morgan fingerprint density at radius 3 is 2.72 bits per heavy atom. The van der Waals surface area contributed by atoms with Gasteiger partial charge in [-0.25, -0.2) is 4.98 Å². The molecule has 150 valence electrons. The highest BCUT2D eigenvalue weighted by Gasteiger charge is 2.18. The molecule has 1 aliphatic rings. The summed E-state index contributed by atoms with van der Waals surface area (Å²) in [6.45, 7) is 4.87. The van der Waals surface area contributed by atoms with Crippen molar-refractivity contribution in [3.05, 3.63) is 59.0 Å². The second-order valence-electron chi connectivity index (χ2n) is 7.03. The minimum Gasteiger partial charge on any atom is -0.379 e. The highest BCUT2D eigenvalue weighted by Crippen LogP contribution is 2.21. The van der Waals surface area contributed by atoms with Gasteiger partial charge in [-0.15, -0.1) is 0 Å². The molecule has 4 rings (SSSR count). The Kier molecular flexibility index (Phi) is 5.64. The molecule has 0 saturated carbocycles. The quantitative estimate of drug-likeness (QED) is 0.650. The molecule has 29 heavy (non-hydrogen) atoms. The second-order valence-corrected chi connectivity index (χ2v) is 7.03. The molecule has 0 unspecified atom stereocenters. The average Bonchev–Trinajstić information content (AvgIpc) is 3.10. The number of nitrogens with one attached hydrogen (secondary N) is 1. The topological polar surface area (TPSA) is 79.5 Å². The number of hydrogen-bond donors (Lipinski definition) is 1. The number of ether oxygens (including phenoxy) is 1. The van der Waals surface area contributed by atoms with Crippen LogP contribution in [0.1, 0.15) is 10.4 Å². The molecule has 0 bridgehead atoms. The number of morpholine rings is 1. The normalized spacial score (nSPS) is 14.8. The number of rotatable bonds is 6. The minimum atomic E-state index is -0.295. The van der Waals surface area contributed by atoms with E-state index in [1.165, 1.54) is 7.05 Å². The van der Waals surface area contributed by atoms with E-state index in [1.54, 1.807) is 24.3 Å². The SMILES string of the molecule is C[N+](=O)c1cccc(C(=O)Nc2nc3ccccc3n2CCN2CCOCC2)c1. The van der Waals surface area contributed by atoms with Crippen molar-refractivity contribution in [2.45, 2.75) is 6.54 Å². The van der Waals surface area contributed by atoms with Crippen molar-refractivity contribution in [2.75, 3.05) is 45.2 Å². The van der Waals surface area contributed by atoms with Crippen molar-refractivity contribution in [1.29, 1.82) is 0 Å². The zero-order chi connectivity index (χ0) is 20.2. The van der Waals surface area contributed by atoms with Crippen molar-refractivity contribution in [1.82, 2.24) is 14.5 Å². The lowest BCUT2D eigenvalue weighted by atomic mass is 10.2. The van der Waals surface area contributed by atoms with Gasteiger partial charge in [0.25, 0.3) is 11.6 Å². The van der Waals surface area contributed by atoms with Crippen molar-refractivity contribution >= 4 is 28.6 Å². The van der Waals surface area contributed by atoms with E-state index in [1.807, 2.05) is 28.8 Å². The number of carbonyl (C=O) groups excluding carboxylic acids is 1. The molecule has 2 heterocycles. The molecule has 0 aliphatic carbocycles. The number of aromatic nitrogens is 2. The molecule has 1 saturated heterocycles. The summed E-state index contributed by atoms with van der Waals surface area (Å²) in [7, 11) is 1.40. The lowest BCUT2D eigenvalue weighted by molar-refractivity contribution is -0.428. The third-order valence-electron chi connectivity index (χ3n) is 5.10. The number of anilines is 1. The van der Waals surface area contributed by atoms with Gasteiger partial charge in [-0.3, -0.25) is 15.0 Å². The number of benzene rings is 2. The Hall–Kier alpha value is -3.10. The van der Waals surface area contributed by atoms with Crippen LogP contribution in [0, 0.1) is 4.91 Å². The van der Waals surface area contributed by atoms with Crippen LogP contribution < -0.4 is 5.32 Å². The van der Waals surface area contributed by atoms with Gasteiger partial charge in [0.15, 0.2) is 7.05 Å². The number of para-hydroxylation sites is 2. The molecule has 1 fully saturated rings. The van der Waals surface area contributed by atoms with E-state index in [0.29, 0.717) is 23.7 Å². The highest BCUT2D eigenvalue weighted by atomic mass is 16.5. The van der Waals surface area contributed by atoms with E-state index in [9.17, 15) is 9.70 Å². The average molecular weight is 394 g/mol. The van der Waals surface area contributed by atoms with Gasteiger partial charge >= 0.3 is 0 Å². The number of hydrogen-bond acceptors (Lipinski definition) is 5. The lowest BCUT2D eigenvalue weighted by Crippen LogP contribution is -2.38. The summed E-state index contributed by atoms with van der Waals surface area (Å²) in [6, 6.07) is 14.5. The molecule has 0 radical (unpaired) electrons. The first-order valence-electron chi connectivity index (χ1n) is 9.69. The Labute approximate surface area is 168 Å². The summed E-state index contributed by atoms with van der Waals surface area (Å²) >= 11 is 0. The number of imidazole rings is 1. The van der Waals surface area contributed by atoms with Crippen LogP contribution in [-0.2, 0) is 11.3 Å². The Balaban J connectivity index is 1.58. The molecular weight excluding hydrogens is 370 g/mol. The van der Waals surface area contributed by atoms with Crippen LogP contribution in [0.15, 0.2) is 48.5 Å². The largest absolute Gasteiger partial charge is 0.379 e. The van der Waals surface area contributed by atoms with Gasteiger partial charge in [0.05, 0.1) is 24.2 Å². The van der Waals surface area contributed by atoms with E-state index >= 15 is 0 Å². The van der Waals surface area contributed by atoms with Crippen molar-refractivity contribution in [3.63, 3.8) is 0 Å². The summed E-state index contributed by atoms with van der Waals surface area (Å²) in [6.07, 6.45) is 0. The fourth-order valence-electron chi connectivity index (χ4n) is 3.48. The zero-order valence-corrected chi connectivity index (χ0v) is 16.4. The predicted molar refractivity (Wildman–Crippen MR) is 111 cm³/mol. The van der Waals surface area contributed by atoms with Crippen molar-refractivity contribution < 1.29 is 14.3 Å². The highest BCUT2D eigenvalue weighted by molar-refractivity contribution is 6.04. The van der Waals surface area contributed by atoms with E-state index in [0.717, 1.165) is 48.6 Å². The van der Waals surface area contributed by atoms with Crippen LogP contribution in [-0.4, -0.2) is 65.0 Å². The smallest absolute Gasteiger partial charge is 0.258 e. The number of fused-ring (bicyclic) bond motifs is 1. The predicted octanol–water partition coefficient (Wildman–Crippen LogP) is 2.66. The maximum Gasteiger partial charge on any atom is 0.258 e. The van der Waals surface area contributed by atoms with E-state index in [-0.39, 0.29) is 5.91 Å². The fraction of sp³-hybridized carbons (Fsp3) is 0.333. The molecule has 3 aromatic rings. The van der Waals surface area contributed by atoms with E-state index in [4.69, 9.17) is 4.74 Å². The molecule has 0 spiro atoms. The summed E-state index contributed by atoms with van der Waals surface area (Å²) in [5, 5.41) is 2.92. The molecule has 0 atom stereocenters. The van der Waals surface area contributed by atoms with Gasteiger partial charge in [-0.2, -0.15) is 0 Å². The summed E-state index contributed by atoms with van der Waals surface area (Å²) in [5.41, 5.74) is 2.65. The number of amides is 1. The molecular formula is C21H24N5O3+. The van der Waals surface area contributed by atoms with Gasteiger partial charge in [0.2, 0.25) is 5.95 Å². The van der Waals surface area contributed by atoms with Gasteiger partial charge in [0.1, 0.15) is 0 Å². The van der Waals surface area contributed by atoms with Crippen LogP contribution in [0.2, 0.25) is 0 Å². The Bertz CT molecular complexity index is 1040. The van der Waals surface area contributed by atoms with Crippen LogP contribution >= 0.6 is 0 Å². The first kappa shape index (κ1) is 19.2. The van der Waals surface area contributed by atoms with Crippen LogP contribution in [0.25, 0.3) is 11.0 Å². The van der Waals surface area contributed by atoms with Gasteiger partial charge in [0, 0.05) is 53.5 Å². The van der Waals surface area contributed by atoms with Crippen LogP contribution in [0.4, 0.5) is 11.6 Å². The second kappa shape index (κ2) is 8.50. The minimum absolute atomic E-state index is 0.295. The summed E-state index contributed by atoms with van der Waals surface area (Å²) < 4.78 is 8.18. The molecule has 8 nitrogen and oxygen atoms in total. The standard InChI is InChI=1S/C21H23N5O3/c1-24(28)17-6-4-5-16(15-17)20(27)23-21-22-18-7-2-3-8-19(18)26(21)10-9-25-11-13-29-14-12-25/h2-8,15H,9-14H2,1H3/p+1. The molecule has 1 amide bonds. The van der Waals surface area contributed by atoms with Crippen LogP contribution in [0.5, 0.6) is 0 Å². The zero-order valence-electron chi connectivity index (χ0n) is 16.4. The first-order chi connectivity index (χ1) is 14.1. The van der Waals surface area contributed by atoms with E-state index < -0.39 is 0 Å². The monoisotopic (exact) mass is 394 g/mol. The maximum atomic E-state index is 12.8. The van der Waals surface area contributed by atoms with Crippen LogP contribution in [0.3, 0.4) is 0 Å². The molecule has 2 aromatic carbocycles. The van der Waals surface area contributed by atoms with Gasteiger partial charge in [-0.1, -0.05) is 18.2 Å². The number of carbonyl (C=O) groups is 1. The fourth-order valence-corrected chi connectivity index (χ4v) is 3.48. The Morgan fingerprint density at radius 2 is 1.93 bits per heavy atom. The first-order valence-corrected chi connectivity index (χ1v) is 9.69. The van der Waals surface area contributed by atoms with Crippen molar-refractivity contribution in [2.24, 2.45) is 0 Å². The van der Waals surface area contributed by atoms with Gasteiger partial charge in [-0.05, 0) is 18.2 Å². The maximum absolute atomic E-state index is 12.8. The number of nitrogens with zero attached hydrogens (tertiary/aromatic N) is 4. The molecule has 1 N–H and O–H groups in total. The third kappa shape index (κ3) is 4.33. The molecule has 1 aromatic heterocycles.